The molecule has 0 aliphatic heterocycles. The quantitative estimate of drug-likeness (QED) is 0.726. The van der Waals surface area contributed by atoms with Crippen molar-refractivity contribution in [1.29, 1.82) is 0 Å². The Morgan fingerprint density at radius 3 is 2.74 bits per heavy atom. The summed E-state index contributed by atoms with van der Waals surface area (Å²) in [6, 6.07) is 9.42. The Bertz CT molecular complexity index is 642. The second-order valence-electron chi connectivity index (χ2n) is 5.36. The molecule has 2 rings (SSSR count). The largest absolute Gasteiger partial charge is 0.354 e. The summed E-state index contributed by atoms with van der Waals surface area (Å²) in [7, 11) is 0. The van der Waals surface area contributed by atoms with Crippen LogP contribution in [-0.4, -0.2) is 22.4 Å². The summed E-state index contributed by atoms with van der Waals surface area (Å²) in [6.45, 7) is 5.04. The standard InChI is InChI=1S/C18H24N4O/c1-3-5-8-12-19-18-20-13-11-16(22-18)17(23)21-15-10-7-6-9-14(15)4-2/h6-7,9-11,13H,3-5,8,12H2,1-2H3,(H,21,23)(H,19,20,22). The number of aromatic nitrogens is 2. The van der Waals surface area contributed by atoms with Gasteiger partial charge in [0.2, 0.25) is 5.95 Å². The number of hydrogen-bond donors (Lipinski definition) is 2. The van der Waals surface area contributed by atoms with Crippen molar-refractivity contribution in [3.63, 3.8) is 0 Å². The van der Waals surface area contributed by atoms with Crippen LogP contribution in [0, 0.1) is 0 Å². The van der Waals surface area contributed by atoms with E-state index in [1.54, 1.807) is 12.3 Å². The second-order valence-corrected chi connectivity index (χ2v) is 5.36. The molecule has 23 heavy (non-hydrogen) atoms. The molecule has 0 fully saturated rings. The molecule has 0 spiro atoms. The maximum Gasteiger partial charge on any atom is 0.274 e. The zero-order valence-electron chi connectivity index (χ0n) is 13.8. The lowest BCUT2D eigenvalue weighted by molar-refractivity contribution is 0.102. The van der Waals surface area contributed by atoms with E-state index in [0.29, 0.717) is 11.6 Å². The van der Waals surface area contributed by atoms with E-state index in [9.17, 15) is 4.79 Å². The molecule has 0 saturated carbocycles. The van der Waals surface area contributed by atoms with Gasteiger partial charge in [0.15, 0.2) is 0 Å². The summed E-state index contributed by atoms with van der Waals surface area (Å²) in [5.41, 5.74) is 2.30. The smallest absolute Gasteiger partial charge is 0.274 e. The molecule has 122 valence electrons. The van der Waals surface area contributed by atoms with Gasteiger partial charge < -0.3 is 10.6 Å². The van der Waals surface area contributed by atoms with E-state index in [1.807, 2.05) is 24.3 Å². The van der Waals surface area contributed by atoms with Crippen molar-refractivity contribution < 1.29 is 4.79 Å². The summed E-state index contributed by atoms with van der Waals surface area (Å²) >= 11 is 0. The van der Waals surface area contributed by atoms with E-state index in [-0.39, 0.29) is 5.91 Å². The highest BCUT2D eigenvalue weighted by Crippen LogP contribution is 2.16. The number of rotatable bonds is 8. The van der Waals surface area contributed by atoms with Crippen LogP contribution in [0.1, 0.15) is 49.2 Å². The van der Waals surface area contributed by atoms with Crippen LogP contribution in [0.2, 0.25) is 0 Å². The van der Waals surface area contributed by atoms with Crippen LogP contribution in [0.3, 0.4) is 0 Å². The topological polar surface area (TPSA) is 66.9 Å². The van der Waals surface area contributed by atoms with Crippen LogP contribution in [-0.2, 0) is 6.42 Å². The number of carbonyl (C=O) groups is 1. The summed E-state index contributed by atoms with van der Waals surface area (Å²) in [4.78, 5) is 20.8. The molecule has 5 nitrogen and oxygen atoms in total. The number of anilines is 2. The summed E-state index contributed by atoms with van der Waals surface area (Å²) < 4.78 is 0. The third kappa shape index (κ3) is 5.06. The minimum Gasteiger partial charge on any atom is -0.354 e. The molecule has 0 atom stereocenters. The van der Waals surface area contributed by atoms with Gasteiger partial charge in [-0.25, -0.2) is 9.97 Å². The molecule has 1 aromatic carbocycles. The molecule has 0 saturated heterocycles. The lowest BCUT2D eigenvalue weighted by Gasteiger charge is -2.10. The lowest BCUT2D eigenvalue weighted by Crippen LogP contribution is -2.16. The first-order valence-electron chi connectivity index (χ1n) is 8.20. The van der Waals surface area contributed by atoms with Crippen LogP contribution in [0.4, 0.5) is 11.6 Å². The number of nitrogens with one attached hydrogen (secondary N) is 2. The Kier molecular flexibility index (Phi) is 6.54. The molecule has 0 aliphatic carbocycles. The number of benzene rings is 1. The molecule has 5 heteroatoms. The Balaban J connectivity index is 2.02. The van der Waals surface area contributed by atoms with Gasteiger partial charge in [0, 0.05) is 18.4 Å². The van der Waals surface area contributed by atoms with Gasteiger partial charge in [-0.15, -0.1) is 0 Å². The Hall–Kier alpha value is -2.43. The molecule has 0 aliphatic rings. The number of aryl methyl sites for hydroxylation is 1. The first-order chi connectivity index (χ1) is 11.2. The van der Waals surface area contributed by atoms with Crippen molar-refractivity contribution in [2.75, 3.05) is 17.2 Å². The molecule has 2 aromatic rings. The Morgan fingerprint density at radius 2 is 1.96 bits per heavy atom. The van der Waals surface area contributed by atoms with Gasteiger partial charge in [-0.1, -0.05) is 44.9 Å². The first-order valence-corrected chi connectivity index (χ1v) is 8.20. The van der Waals surface area contributed by atoms with Gasteiger partial charge in [-0.3, -0.25) is 4.79 Å². The van der Waals surface area contributed by atoms with Crippen molar-refractivity contribution in [1.82, 2.24) is 9.97 Å². The fourth-order valence-electron chi connectivity index (χ4n) is 2.28. The fourth-order valence-corrected chi connectivity index (χ4v) is 2.28. The summed E-state index contributed by atoms with van der Waals surface area (Å²) in [6.07, 6.45) is 5.88. The maximum atomic E-state index is 12.4. The third-order valence-electron chi connectivity index (χ3n) is 3.60. The van der Waals surface area contributed by atoms with Gasteiger partial charge in [-0.2, -0.15) is 0 Å². The van der Waals surface area contributed by atoms with Gasteiger partial charge in [0.25, 0.3) is 5.91 Å². The number of carbonyl (C=O) groups excluding carboxylic acids is 1. The van der Waals surface area contributed by atoms with Crippen molar-refractivity contribution in [3.8, 4) is 0 Å². The normalized spacial score (nSPS) is 10.3. The van der Waals surface area contributed by atoms with E-state index in [2.05, 4.69) is 34.4 Å². The van der Waals surface area contributed by atoms with Gasteiger partial charge >= 0.3 is 0 Å². The summed E-state index contributed by atoms with van der Waals surface area (Å²) in [5.74, 6) is 0.280. The average Bonchev–Trinajstić information content (AvgIpc) is 2.59. The van der Waals surface area contributed by atoms with E-state index in [1.165, 1.54) is 12.8 Å². The molecule has 1 amide bonds. The number of para-hydroxylation sites is 1. The number of hydrogen-bond acceptors (Lipinski definition) is 4. The van der Waals surface area contributed by atoms with E-state index >= 15 is 0 Å². The van der Waals surface area contributed by atoms with Crippen molar-refractivity contribution in [2.45, 2.75) is 39.5 Å². The van der Waals surface area contributed by atoms with Crippen molar-refractivity contribution in [2.24, 2.45) is 0 Å². The van der Waals surface area contributed by atoms with Crippen LogP contribution in [0.15, 0.2) is 36.5 Å². The molecular formula is C18H24N4O. The van der Waals surface area contributed by atoms with Crippen LogP contribution in [0.5, 0.6) is 0 Å². The molecule has 0 radical (unpaired) electrons. The Labute approximate surface area is 137 Å². The predicted octanol–water partition coefficient (Wildman–Crippen LogP) is 3.89. The van der Waals surface area contributed by atoms with Crippen LogP contribution < -0.4 is 10.6 Å². The van der Waals surface area contributed by atoms with Crippen molar-refractivity contribution in [3.05, 3.63) is 47.8 Å². The van der Waals surface area contributed by atoms with E-state index in [0.717, 1.165) is 30.6 Å². The molecule has 1 aromatic heterocycles. The zero-order chi connectivity index (χ0) is 16.5. The maximum absolute atomic E-state index is 12.4. The molecule has 1 heterocycles. The SMILES string of the molecule is CCCCCNc1nccc(C(=O)Nc2ccccc2CC)n1. The van der Waals surface area contributed by atoms with Gasteiger partial charge in [0.1, 0.15) is 5.69 Å². The average molecular weight is 312 g/mol. The second kappa shape index (κ2) is 8.88. The number of nitrogens with zero attached hydrogens (tertiary/aromatic N) is 2. The molecule has 0 unspecified atom stereocenters. The zero-order valence-corrected chi connectivity index (χ0v) is 13.8. The van der Waals surface area contributed by atoms with Gasteiger partial charge in [-0.05, 0) is 30.5 Å². The first kappa shape index (κ1) is 16.9. The molecule has 0 bridgehead atoms. The highest BCUT2D eigenvalue weighted by molar-refractivity contribution is 6.03. The number of unbranched alkanes of at least 4 members (excludes halogenated alkanes) is 2. The van der Waals surface area contributed by atoms with Crippen LogP contribution in [0.25, 0.3) is 0 Å². The van der Waals surface area contributed by atoms with Crippen molar-refractivity contribution >= 4 is 17.5 Å². The lowest BCUT2D eigenvalue weighted by atomic mass is 10.1. The minimum absolute atomic E-state index is 0.218. The molecular weight excluding hydrogens is 288 g/mol. The highest BCUT2D eigenvalue weighted by Gasteiger charge is 2.10. The number of amides is 1. The van der Waals surface area contributed by atoms with E-state index in [4.69, 9.17) is 0 Å². The summed E-state index contributed by atoms with van der Waals surface area (Å²) in [5, 5.41) is 6.08. The Morgan fingerprint density at radius 1 is 1.13 bits per heavy atom. The van der Waals surface area contributed by atoms with E-state index < -0.39 is 0 Å². The van der Waals surface area contributed by atoms with Crippen LogP contribution >= 0.6 is 0 Å². The predicted molar refractivity (Wildman–Crippen MR) is 93.8 cm³/mol. The highest BCUT2D eigenvalue weighted by atomic mass is 16.1. The third-order valence-corrected chi connectivity index (χ3v) is 3.60. The fraction of sp³-hybridized carbons (Fsp3) is 0.389. The molecule has 2 N–H and O–H groups in total. The monoisotopic (exact) mass is 312 g/mol. The minimum atomic E-state index is -0.218. The van der Waals surface area contributed by atoms with Gasteiger partial charge in [0.05, 0.1) is 0 Å².